The molecule has 0 fully saturated rings. The van der Waals surface area contributed by atoms with Gasteiger partial charge in [0.2, 0.25) is 5.13 Å². The molecule has 0 spiro atoms. The lowest BCUT2D eigenvalue weighted by Gasteiger charge is -2.09. The summed E-state index contributed by atoms with van der Waals surface area (Å²) in [5.41, 5.74) is 2.47. The number of imide groups is 1. The molecule has 0 bridgehead atoms. The van der Waals surface area contributed by atoms with E-state index in [4.69, 9.17) is 12.2 Å². The van der Waals surface area contributed by atoms with Crippen LogP contribution in [-0.4, -0.2) is 27.9 Å². The number of hydrogen-bond donors (Lipinski definition) is 3. The number of amides is 3. The van der Waals surface area contributed by atoms with Crippen molar-refractivity contribution in [1.82, 2.24) is 15.5 Å². The van der Waals surface area contributed by atoms with Crippen molar-refractivity contribution in [3.8, 4) is 11.1 Å². The van der Waals surface area contributed by atoms with E-state index in [0.29, 0.717) is 26.2 Å². The van der Waals surface area contributed by atoms with E-state index >= 15 is 0 Å². The third kappa shape index (κ3) is 2.72. The van der Waals surface area contributed by atoms with E-state index in [1.54, 1.807) is 42.5 Å². The summed E-state index contributed by atoms with van der Waals surface area (Å²) in [4.78, 5) is 37.1. The Balaban J connectivity index is 1.64. The van der Waals surface area contributed by atoms with E-state index in [1.807, 2.05) is 0 Å². The fourth-order valence-corrected chi connectivity index (χ4v) is 3.63. The molecule has 9 heteroatoms. The smallest absolute Gasteiger partial charge is 0.289 e. The van der Waals surface area contributed by atoms with Crippen LogP contribution in [0.4, 0.5) is 9.93 Å². The number of nitrogens with zero attached hydrogens (tertiary/aromatic N) is 1. The van der Waals surface area contributed by atoms with Gasteiger partial charge in [-0.15, -0.1) is 5.10 Å². The molecule has 3 N–H and O–H groups in total. The van der Waals surface area contributed by atoms with Crippen molar-refractivity contribution in [2.75, 3.05) is 5.32 Å². The average molecular weight is 382 g/mol. The number of aromatic nitrogens is 2. The first-order chi connectivity index (χ1) is 12.5. The topological polar surface area (TPSA) is 104 Å². The molecule has 7 nitrogen and oxygen atoms in total. The standard InChI is InChI=1S/C17H10N4O3S2/c22-13-9-5-2-1-4-8(9)12-10(13)6-3-7-11(12)14(23)18-15(24)19-16-20-21-17(25)26-16/h1-7H,(H,21,25)(H2,18,19,20,23,24). The zero-order chi connectivity index (χ0) is 18.3. The molecule has 0 saturated carbocycles. The minimum absolute atomic E-state index is 0.133. The second kappa shape index (κ2) is 6.28. The van der Waals surface area contributed by atoms with Crippen LogP contribution in [0.3, 0.4) is 0 Å². The molecule has 0 atom stereocenters. The highest BCUT2D eigenvalue weighted by Crippen LogP contribution is 2.38. The molecular formula is C17H10N4O3S2. The van der Waals surface area contributed by atoms with Gasteiger partial charge in [0.15, 0.2) is 9.74 Å². The quantitative estimate of drug-likeness (QED) is 0.461. The molecular weight excluding hydrogens is 372 g/mol. The molecule has 1 heterocycles. The zero-order valence-corrected chi connectivity index (χ0v) is 14.7. The van der Waals surface area contributed by atoms with Gasteiger partial charge in [0.1, 0.15) is 0 Å². The summed E-state index contributed by atoms with van der Waals surface area (Å²) < 4.78 is 0.405. The maximum Gasteiger partial charge on any atom is 0.328 e. The van der Waals surface area contributed by atoms with Crippen molar-refractivity contribution < 1.29 is 14.4 Å². The molecule has 128 valence electrons. The molecule has 0 radical (unpaired) electrons. The van der Waals surface area contributed by atoms with Gasteiger partial charge in [-0.1, -0.05) is 47.7 Å². The number of benzene rings is 2. The Morgan fingerprint density at radius 3 is 2.50 bits per heavy atom. The largest absolute Gasteiger partial charge is 0.328 e. The minimum atomic E-state index is -0.733. The molecule has 1 aliphatic carbocycles. The number of hydrogen-bond acceptors (Lipinski definition) is 6. The molecule has 2 aromatic carbocycles. The summed E-state index contributed by atoms with van der Waals surface area (Å²) in [6.07, 6.45) is 0. The second-order valence-electron chi connectivity index (χ2n) is 5.43. The summed E-state index contributed by atoms with van der Waals surface area (Å²) in [6.45, 7) is 0. The van der Waals surface area contributed by atoms with Crippen molar-refractivity contribution in [1.29, 1.82) is 0 Å². The first-order valence-electron chi connectivity index (χ1n) is 7.49. The van der Waals surface area contributed by atoms with Crippen LogP contribution in [0, 0.1) is 3.95 Å². The van der Waals surface area contributed by atoms with E-state index in [2.05, 4.69) is 20.8 Å². The Hall–Kier alpha value is -3.17. The number of carbonyl (C=O) groups is 3. The molecule has 1 aliphatic rings. The van der Waals surface area contributed by atoms with Gasteiger partial charge in [-0.05, 0) is 23.8 Å². The summed E-state index contributed by atoms with van der Waals surface area (Å²) in [7, 11) is 0. The highest BCUT2D eigenvalue weighted by Gasteiger charge is 2.30. The maximum absolute atomic E-state index is 12.6. The van der Waals surface area contributed by atoms with E-state index in [0.717, 1.165) is 11.3 Å². The Morgan fingerprint density at radius 2 is 1.77 bits per heavy atom. The number of urea groups is 1. The van der Waals surface area contributed by atoms with Crippen LogP contribution in [0.25, 0.3) is 11.1 Å². The van der Waals surface area contributed by atoms with Crippen LogP contribution < -0.4 is 10.6 Å². The number of H-pyrrole nitrogens is 1. The third-order valence-corrected chi connectivity index (χ3v) is 4.89. The Labute approximate surface area is 156 Å². The zero-order valence-electron chi connectivity index (χ0n) is 13.0. The molecule has 1 aromatic heterocycles. The number of nitrogens with one attached hydrogen (secondary N) is 3. The van der Waals surface area contributed by atoms with Crippen LogP contribution in [0.1, 0.15) is 26.3 Å². The molecule has 0 saturated heterocycles. The van der Waals surface area contributed by atoms with E-state index in [9.17, 15) is 14.4 Å². The fourth-order valence-electron chi connectivity index (χ4n) is 2.85. The fraction of sp³-hybridized carbons (Fsp3) is 0. The van der Waals surface area contributed by atoms with Crippen LogP contribution >= 0.6 is 23.6 Å². The predicted molar refractivity (Wildman–Crippen MR) is 99.1 cm³/mol. The molecule has 4 rings (SSSR count). The summed E-state index contributed by atoms with van der Waals surface area (Å²) in [5, 5.41) is 11.2. The van der Waals surface area contributed by atoms with Gasteiger partial charge in [-0.3, -0.25) is 25.3 Å². The lowest BCUT2D eigenvalue weighted by Crippen LogP contribution is -2.34. The normalized spacial score (nSPS) is 11.6. The maximum atomic E-state index is 12.6. The molecule has 3 amide bonds. The van der Waals surface area contributed by atoms with Crippen molar-refractivity contribution in [3.63, 3.8) is 0 Å². The van der Waals surface area contributed by atoms with Gasteiger partial charge in [-0.2, -0.15) is 0 Å². The van der Waals surface area contributed by atoms with Crippen molar-refractivity contribution in [3.05, 3.63) is 63.1 Å². The number of aromatic amines is 1. The SMILES string of the molecule is O=C(NC(=O)c1cccc2c1-c1ccccc1C2=O)Nc1n[nH]c(=S)s1. The molecule has 0 unspecified atom stereocenters. The number of rotatable bonds is 2. The highest BCUT2D eigenvalue weighted by molar-refractivity contribution is 7.73. The monoisotopic (exact) mass is 382 g/mol. The summed E-state index contributed by atoms with van der Waals surface area (Å²) >= 11 is 5.95. The third-order valence-electron chi connectivity index (χ3n) is 3.88. The van der Waals surface area contributed by atoms with Crippen LogP contribution in [0.15, 0.2) is 42.5 Å². The van der Waals surface area contributed by atoms with E-state index in [-0.39, 0.29) is 16.5 Å². The van der Waals surface area contributed by atoms with Gasteiger partial charge in [-0.25, -0.2) is 4.79 Å². The van der Waals surface area contributed by atoms with Crippen LogP contribution in [-0.2, 0) is 0 Å². The average Bonchev–Trinajstić information content (AvgIpc) is 3.17. The predicted octanol–water partition coefficient (Wildman–Crippen LogP) is 3.37. The first-order valence-corrected chi connectivity index (χ1v) is 8.72. The molecule has 26 heavy (non-hydrogen) atoms. The summed E-state index contributed by atoms with van der Waals surface area (Å²) in [5.74, 6) is -0.742. The Kier molecular flexibility index (Phi) is 3.94. The number of carbonyl (C=O) groups excluding carboxylic acids is 3. The summed E-state index contributed by atoms with van der Waals surface area (Å²) in [6, 6.07) is 11.2. The van der Waals surface area contributed by atoms with Crippen molar-refractivity contribution >= 4 is 46.4 Å². The van der Waals surface area contributed by atoms with Gasteiger partial charge in [0.05, 0.1) is 0 Å². The number of fused-ring (bicyclic) bond motifs is 3. The number of anilines is 1. The van der Waals surface area contributed by atoms with Gasteiger partial charge in [0, 0.05) is 22.3 Å². The van der Waals surface area contributed by atoms with Crippen LogP contribution in [0.2, 0.25) is 0 Å². The van der Waals surface area contributed by atoms with Gasteiger partial charge in [0.25, 0.3) is 5.91 Å². The Morgan fingerprint density at radius 1 is 1.04 bits per heavy atom. The minimum Gasteiger partial charge on any atom is -0.289 e. The van der Waals surface area contributed by atoms with Crippen molar-refractivity contribution in [2.45, 2.75) is 0 Å². The van der Waals surface area contributed by atoms with E-state index < -0.39 is 11.9 Å². The second-order valence-corrected chi connectivity index (χ2v) is 7.10. The molecule has 3 aromatic rings. The number of ketones is 1. The van der Waals surface area contributed by atoms with E-state index in [1.165, 1.54) is 0 Å². The first kappa shape index (κ1) is 16.3. The van der Waals surface area contributed by atoms with Crippen LogP contribution in [0.5, 0.6) is 0 Å². The Bertz CT molecular complexity index is 1130. The lowest BCUT2D eigenvalue weighted by molar-refractivity contribution is 0.0967. The molecule has 0 aliphatic heterocycles. The van der Waals surface area contributed by atoms with Crippen molar-refractivity contribution in [2.24, 2.45) is 0 Å². The van der Waals surface area contributed by atoms with Gasteiger partial charge >= 0.3 is 6.03 Å². The lowest BCUT2D eigenvalue weighted by atomic mass is 9.99. The van der Waals surface area contributed by atoms with Gasteiger partial charge < -0.3 is 0 Å². The highest BCUT2D eigenvalue weighted by atomic mass is 32.1.